The third-order valence-electron chi connectivity index (χ3n) is 1.98. The highest BCUT2D eigenvalue weighted by molar-refractivity contribution is 6.09. The van der Waals surface area contributed by atoms with E-state index in [1.807, 2.05) is 19.3 Å². The van der Waals surface area contributed by atoms with Crippen LogP contribution in [0.25, 0.3) is 0 Å². The molecule has 0 atom stereocenters. The van der Waals surface area contributed by atoms with Gasteiger partial charge in [-0.3, -0.25) is 0 Å². The molecule has 0 N–H and O–H groups in total. The summed E-state index contributed by atoms with van der Waals surface area (Å²) in [6.07, 6.45) is 5.66. The van der Waals surface area contributed by atoms with Gasteiger partial charge < -0.3 is 4.57 Å². The summed E-state index contributed by atoms with van der Waals surface area (Å²) in [5.41, 5.74) is 7.12. The number of aryl methyl sites for hydroxylation is 2. The van der Waals surface area contributed by atoms with Crippen molar-refractivity contribution >= 4 is 5.71 Å². The molecule has 3 heteroatoms. The Bertz CT molecular complexity index is 338. The lowest BCUT2D eigenvalue weighted by Gasteiger charge is -2.01. The molecule has 0 saturated heterocycles. The molecule has 1 aliphatic heterocycles. The van der Waals surface area contributed by atoms with Gasteiger partial charge in [0, 0.05) is 13.2 Å². The van der Waals surface area contributed by atoms with Gasteiger partial charge in [-0.2, -0.15) is 5.43 Å². The van der Waals surface area contributed by atoms with E-state index >= 15 is 0 Å². The van der Waals surface area contributed by atoms with Crippen LogP contribution in [0.3, 0.4) is 0 Å². The Balaban J connectivity index is 2.51. The van der Waals surface area contributed by atoms with E-state index in [0.29, 0.717) is 0 Å². The second kappa shape index (κ2) is 2.52. The Morgan fingerprint density at radius 3 is 2.75 bits per heavy atom. The van der Waals surface area contributed by atoms with Gasteiger partial charge in [0.25, 0.3) is 0 Å². The van der Waals surface area contributed by atoms with Crippen LogP contribution in [0.15, 0.2) is 29.6 Å². The largest absolute Gasteiger partial charge is 0.349 e. The molecule has 0 aromatic carbocycles. The Labute approximate surface area is 71.4 Å². The highest BCUT2D eigenvalue weighted by atomic mass is 15.3. The van der Waals surface area contributed by atoms with Crippen LogP contribution in [0, 0.1) is 6.92 Å². The second-order valence-corrected chi connectivity index (χ2v) is 2.87. The molecule has 0 fully saturated rings. The predicted molar refractivity (Wildman–Crippen MR) is 48.0 cm³/mol. The monoisotopic (exact) mass is 160 g/mol. The third-order valence-corrected chi connectivity index (χ3v) is 1.98. The van der Waals surface area contributed by atoms with Gasteiger partial charge in [-0.05, 0) is 24.6 Å². The highest BCUT2D eigenvalue weighted by Gasteiger charge is 2.10. The number of hydrogen-bond acceptors (Lipinski definition) is 1. The lowest BCUT2D eigenvalue weighted by atomic mass is 10.2. The molecular weight excluding hydrogens is 150 g/mol. The van der Waals surface area contributed by atoms with Crippen LogP contribution >= 0.6 is 0 Å². The quantitative estimate of drug-likeness (QED) is 0.590. The fraction of sp³-hybridized carbons (Fsp3) is 0.222. The van der Waals surface area contributed by atoms with Crippen LogP contribution in [0.1, 0.15) is 11.3 Å². The third kappa shape index (κ3) is 0.942. The maximum atomic E-state index is 4.01. The Morgan fingerprint density at radius 2 is 2.25 bits per heavy atom. The lowest BCUT2D eigenvalue weighted by molar-refractivity contribution is 0.904. The van der Waals surface area contributed by atoms with Crippen molar-refractivity contribution in [1.29, 1.82) is 0 Å². The number of rotatable bonds is 1. The Hall–Kier alpha value is -1.51. The molecule has 0 spiro atoms. The van der Waals surface area contributed by atoms with Crippen molar-refractivity contribution < 1.29 is 0 Å². The molecule has 1 radical (unpaired) electrons. The van der Waals surface area contributed by atoms with E-state index in [0.717, 1.165) is 11.4 Å². The molecule has 2 rings (SSSR count). The van der Waals surface area contributed by atoms with Crippen molar-refractivity contribution in [2.24, 2.45) is 12.1 Å². The number of hydrogen-bond donors (Lipinski definition) is 0. The first-order chi connectivity index (χ1) is 5.79. The second-order valence-electron chi connectivity index (χ2n) is 2.87. The Kier molecular flexibility index (Phi) is 1.50. The number of allylic oxidation sites excluding steroid dienone is 1. The van der Waals surface area contributed by atoms with Crippen molar-refractivity contribution in [2.45, 2.75) is 6.92 Å². The zero-order valence-electron chi connectivity index (χ0n) is 7.15. The molecule has 0 aliphatic carbocycles. The summed E-state index contributed by atoms with van der Waals surface area (Å²) in [5.74, 6) is 0. The molecule has 61 valence electrons. The molecule has 3 nitrogen and oxygen atoms in total. The standard InChI is InChI=1S/C9H10N3/c1-7-4-6-12(2)9(7)8-3-5-10-11-8/h3-6H,1-2H3. The van der Waals surface area contributed by atoms with Crippen molar-refractivity contribution in [2.75, 3.05) is 0 Å². The highest BCUT2D eigenvalue weighted by Crippen LogP contribution is 2.12. The zero-order valence-corrected chi connectivity index (χ0v) is 7.15. The van der Waals surface area contributed by atoms with Crippen LogP contribution in [0.5, 0.6) is 0 Å². The van der Waals surface area contributed by atoms with Gasteiger partial charge in [-0.1, -0.05) is 0 Å². The topological polar surface area (TPSA) is 31.4 Å². The lowest BCUT2D eigenvalue weighted by Crippen LogP contribution is -2.04. The molecule has 1 aromatic rings. The van der Waals surface area contributed by atoms with E-state index in [2.05, 4.69) is 28.1 Å². The van der Waals surface area contributed by atoms with Crippen molar-refractivity contribution in [1.82, 2.24) is 9.99 Å². The molecule has 0 saturated carbocycles. The molecule has 1 aliphatic rings. The van der Waals surface area contributed by atoms with E-state index < -0.39 is 0 Å². The Morgan fingerprint density at radius 1 is 1.42 bits per heavy atom. The molecule has 0 amide bonds. The first-order valence-corrected chi connectivity index (χ1v) is 3.85. The van der Waals surface area contributed by atoms with E-state index in [1.165, 1.54) is 5.56 Å². The number of nitrogens with zero attached hydrogens (tertiary/aromatic N) is 3. The molecule has 0 bridgehead atoms. The van der Waals surface area contributed by atoms with E-state index in [4.69, 9.17) is 0 Å². The minimum absolute atomic E-state index is 0.944. The maximum absolute atomic E-state index is 4.01. The van der Waals surface area contributed by atoms with E-state index in [9.17, 15) is 0 Å². The van der Waals surface area contributed by atoms with Crippen LogP contribution in [0.2, 0.25) is 0 Å². The van der Waals surface area contributed by atoms with Crippen LogP contribution in [-0.2, 0) is 7.05 Å². The van der Waals surface area contributed by atoms with E-state index in [1.54, 1.807) is 6.20 Å². The fourth-order valence-corrected chi connectivity index (χ4v) is 1.40. The SMILES string of the molecule is Cc1ccn(C)c1C1=N[N]C=C1. The molecular formula is C9H10N3. The molecule has 0 unspecified atom stereocenters. The van der Waals surface area contributed by atoms with Crippen molar-refractivity contribution in [3.05, 3.63) is 35.8 Å². The van der Waals surface area contributed by atoms with Gasteiger partial charge >= 0.3 is 0 Å². The van der Waals surface area contributed by atoms with E-state index in [-0.39, 0.29) is 0 Å². The molecule has 12 heavy (non-hydrogen) atoms. The first-order valence-electron chi connectivity index (χ1n) is 3.85. The van der Waals surface area contributed by atoms with Gasteiger partial charge in [0.1, 0.15) is 5.71 Å². The minimum atomic E-state index is 0.944. The first kappa shape index (κ1) is 7.16. The molecule has 2 heterocycles. The summed E-state index contributed by atoms with van der Waals surface area (Å²) in [6.45, 7) is 2.07. The summed E-state index contributed by atoms with van der Waals surface area (Å²) >= 11 is 0. The van der Waals surface area contributed by atoms with Crippen LogP contribution < -0.4 is 5.43 Å². The smallest absolute Gasteiger partial charge is 0.111 e. The predicted octanol–water partition coefficient (Wildman–Crippen LogP) is 1.17. The van der Waals surface area contributed by atoms with Crippen molar-refractivity contribution in [3.63, 3.8) is 0 Å². The average molecular weight is 160 g/mol. The minimum Gasteiger partial charge on any atom is -0.349 e. The normalized spacial score (nSPS) is 14.7. The summed E-state index contributed by atoms with van der Waals surface area (Å²) in [7, 11) is 2.01. The van der Waals surface area contributed by atoms with Gasteiger partial charge in [0.2, 0.25) is 0 Å². The number of aromatic nitrogens is 1. The van der Waals surface area contributed by atoms with Crippen molar-refractivity contribution in [3.8, 4) is 0 Å². The zero-order chi connectivity index (χ0) is 8.55. The van der Waals surface area contributed by atoms with Crippen LogP contribution in [0.4, 0.5) is 0 Å². The average Bonchev–Trinajstić information content (AvgIpc) is 2.61. The van der Waals surface area contributed by atoms with Gasteiger partial charge in [-0.25, -0.2) is 0 Å². The fourth-order valence-electron chi connectivity index (χ4n) is 1.40. The summed E-state index contributed by atoms with van der Waals surface area (Å²) in [5, 5.41) is 4.01. The maximum Gasteiger partial charge on any atom is 0.111 e. The summed E-state index contributed by atoms with van der Waals surface area (Å²) < 4.78 is 2.05. The van der Waals surface area contributed by atoms with Gasteiger partial charge in [0.05, 0.1) is 11.9 Å². The van der Waals surface area contributed by atoms with Gasteiger partial charge in [-0.15, -0.1) is 5.10 Å². The van der Waals surface area contributed by atoms with Gasteiger partial charge in [0.15, 0.2) is 0 Å². The molecule has 1 aromatic heterocycles. The summed E-state index contributed by atoms with van der Waals surface area (Å²) in [6, 6.07) is 2.07. The van der Waals surface area contributed by atoms with Crippen LogP contribution in [-0.4, -0.2) is 10.3 Å². The summed E-state index contributed by atoms with van der Waals surface area (Å²) in [4.78, 5) is 0.